The average molecular weight is 309 g/mol. The van der Waals surface area contributed by atoms with E-state index in [-0.39, 0.29) is 18.2 Å². The molecular formula is C15H13ClO3S. The van der Waals surface area contributed by atoms with Crippen molar-refractivity contribution in [3.8, 4) is 0 Å². The quantitative estimate of drug-likeness (QED) is 0.639. The first-order valence-electron chi connectivity index (χ1n) is 5.97. The second-order valence-electron chi connectivity index (χ2n) is 4.33. The molecule has 0 radical (unpaired) electrons. The van der Waals surface area contributed by atoms with Gasteiger partial charge in [0.2, 0.25) is 5.78 Å². The van der Waals surface area contributed by atoms with E-state index >= 15 is 0 Å². The highest BCUT2D eigenvalue weighted by Crippen LogP contribution is 2.25. The molecule has 2 aromatic rings. The third kappa shape index (κ3) is 3.26. The number of halogens is 1. The van der Waals surface area contributed by atoms with Gasteiger partial charge in [-0.2, -0.15) is 0 Å². The van der Waals surface area contributed by atoms with Crippen LogP contribution < -0.4 is 0 Å². The molecule has 1 heterocycles. The zero-order chi connectivity index (χ0) is 14.7. The Labute approximate surface area is 126 Å². The van der Waals surface area contributed by atoms with Crippen LogP contribution in [0.25, 0.3) is 0 Å². The Hall–Kier alpha value is -1.65. The largest absolute Gasteiger partial charge is 0.469 e. The molecule has 1 aromatic carbocycles. The minimum absolute atomic E-state index is 0.129. The lowest BCUT2D eigenvalue weighted by Gasteiger charge is -2.02. The minimum Gasteiger partial charge on any atom is -0.469 e. The van der Waals surface area contributed by atoms with Crippen molar-refractivity contribution in [1.82, 2.24) is 0 Å². The van der Waals surface area contributed by atoms with E-state index in [1.54, 1.807) is 24.3 Å². The van der Waals surface area contributed by atoms with E-state index in [4.69, 9.17) is 11.6 Å². The normalized spacial score (nSPS) is 10.3. The first-order chi connectivity index (χ1) is 9.51. The third-order valence-corrected chi connectivity index (χ3v) is 4.20. The van der Waals surface area contributed by atoms with E-state index in [9.17, 15) is 9.59 Å². The summed E-state index contributed by atoms with van der Waals surface area (Å²) in [5.74, 6) is -0.449. The van der Waals surface area contributed by atoms with Crippen molar-refractivity contribution < 1.29 is 14.3 Å². The van der Waals surface area contributed by atoms with E-state index in [1.165, 1.54) is 18.4 Å². The molecule has 2 rings (SSSR count). The molecule has 5 heteroatoms. The molecule has 0 aliphatic rings. The second-order valence-corrected chi connectivity index (χ2v) is 5.91. The summed E-state index contributed by atoms with van der Waals surface area (Å²) in [6.07, 6.45) is 0.177. The molecule has 0 aliphatic carbocycles. The van der Waals surface area contributed by atoms with E-state index in [1.807, 2.05) is 13.0 Å². The van der Waals surface area contributed by atoms with Crippen molar-refractivity contribution in [2.75, 3.05) is 7.11 Å². The lowest BCUT2D eigenvalue weighted by molar-refractivity contribution is -0.139. The summed E-state index contributed by atoms with van der Waals surface area (Å²) < 4.78 is 4.60. The van der Waals surface area contributed by atoms with Gasteiger partial charge in [-0.05, 0) is 36.8 Å². The number of rotatable bonds is 4. The lowest BCUT2D eigenvalue weighted by Crippen LogP contribution is -2.02. The fraction of sp³-hybridized carbons (Fsp3) is 0.200. The van der Waals surface area contributed by atoms with E-state index in [0.29, 0.717) is 15.5 Å². The molecule has 0 aliphatic heterocycles. The molecule has 3 nitrogen and oxygen atoms in total. The number of carbonyl (C=O) groups excluding carboxylic acids is 2. The standard InChI is InChI=1S/C15H13ClO3S/c1-9-3-5-11(12(16)7-9)15(18)13-6-4-10(20-13)8-14(17)19-2/h3-7H,8H2,1-2H3. The van der Waals surface area contributed by atoms with Crippen molar-refractivity contribution in [2.24, 2.45) is 0 Å². The summed E-state index contributed by atoms with van der Waals surface area (Å²) >= 11 is 7.38. The van der Waals surface area contributed by atoms with Crippen LogP contribution in [0, 0.1) is 6.92 Å². The summed E-state index contributed by atoms with van der Waals surface area (Å²) in [7, 11) is 1.34. The van der Waals surface area contributed by atoms with Crippen LogP contribution in [0.5, 0.6) is 0 Å². The smallest absolute Gasteiger partial charge is 0.310 e. The summed E-state index contributed by atoms with van der Waals surface area (Å²) in [4.78, 5) is 24.9. The van der Waals surface area contributed by atoms with Gasteiger partial charge >= 0.3 is 5.97 Å². The zero-order valence-corrected chi connectivity index (χ0v) is 12.7. The van der Waals surface area contributed by atoms with Crippen LogP contribution in [-0.2, 0) is 16.0 Å². The van der Waals surface area contributed by atoms with Crippen LogP contribution in [0.4, 0.5) is 0 Å². The predicted molar refractivity (Wildman–Crippen MR) is 79.7 cm³/mol. The summed E-state index contributed by atoms with van der Waals surface area (Å²) in [6.45, 7) is 1.92. The molecule has 0 saturated heterocycles. The SMILES string of the molecule is COC(=O)Cc1ccc(C(=O)c2ccc(C)cc2Cl)s1. The van der Waals surface area contributed by atoms with Gasteiger partial charge in [0, 0.05) is 10.4 Å². The zero-order valence-electron chi connectivity index (χ0n) is 11.1. The van der Waals surface area contributed by atoms with Crippen molar-refractivity contribution in [1.29, 1.82) is 0 Å². The maximum atomic E-state index is 12.4. The second kappa shape index (κ2) is 6.20. The molecule has 20 heavy (non-hydrogen) atoms. The highest BCUT2D eigenvalue weighted by Gasteiger charge is 2.16. The van der Waals surface area contributed by atoms with Gasteiger partial charge in [0.25, 0.3) is 0 Å². The van der Waals surface area contributed by atoms with Crippen LogP contribution in [0.15, 0.2) is 30.3 Å². The Balaban J connectivity index is 2.23. The topological polar surface area (TPSA) is 43.4 Å². The summed E-state index contributed by atoms with van der Waals surface area (Å²) in [5, 5.41) is 0.443. The Kier molecular flexibility index (Phi) is 4.57. The molecule has 0 bridgehead atoms. The number of hydrogen-bond acceptors (Lipinski definition) is 4. The number of hydrogen-bond donors (Lipinski definition) is 0. The summed E-state index contributed by atoms with van der Waals surface area (Å²) in [6, 6.07) is 8.80. The molecule has 0 saturated carbocycles. The fourth-order valence-electron chi connectivity index (χ4n) is 1.75. The van der Waals surface area contributed by atoms with Crippen LogP contribution in [0.3, 0.4) is 0 Å². The number of thiophene rings is 1. The number of carbonyl (C=O) groups is 2. The van der Waals surface area contributed by atoms with Crippen molar-refractivity contribution in [3.05, 3.63) is 56.2 Å². The number of ether oxygens (including phenoxy) is 1. The van der Waals surface area contributed by atoms with Crippen molar-refractivity contribution in [2.45, 2.75) is 13.3 Å². The number of aryl methyl sites for hydroxylation is 1. The van der Waals surface area contributed by atoms with Gasteiger partial charge in [0.15, 0.2) is 0 Å². The van der Waals surface area contributed by atoms with Crippen molar-refractivity contribution >= 4 is 34.7 Å². The first kappa shape index (κ1) is 14.8. The van der Waals surface area contributed by atoms with Crippen LogP contribution >= 0.6 is 22.9 Å². The molecule has 1 aromatic heterocycles. The minimum atomic E-state index is -0.320. The highest BCUT2D eigenvalue weighted by atomic mass is 35.5. The average Bonchev–Trinajstić information content (AvgIpc) is 2.86. The molecule has 0 unspecified atom stereocenters. The van der Waals surface area contributed by atoms with Crippen LogP contribution in [0.1, 0.15) is 25.7 Å². The lowest BCUT2D eigenvalue weighted by atomic mass is 10.1. The molecule has 0 N–H and O–H groups in total. The molecule has 0 amide bonds. The Morgan fingerprint density at radius 3 is 2.65 bits per heavy atom. The number of esters is 1. The van der Waals surface area contributed by atoms with Gasteiger partial charge in [-0.25, -0.2) is 0 Å². The van der Waals surface area contributed by atoms with Gasteiger partial charge in [-0.1, -0.05) is 17.7 Å². The molecule has 0 fully saturated rings. The van der Waals surface area contributed by atoms with E-state index in [2.05, 4.69) is 4.74 Å². The molecule has 104 valence electrons. The highest BCUT2D eigenvalue weighted by molar-refractivity contribution is 7.14. The monoisotopic (exact) mass is 308 g/mol. The van der Waals surface area contributed by atoms with Gasteiger partial charge < -0.3 is 4.74 Å². The third-order valence-electron chi connectivity index (χ3n) is 2.80. The van der Waals surface area contributed by atoms with Gasteiger partial charge in [-0.15, -0.1) is 11.3 Å². The predicted octanol–water partition coefficient (Wildman–Crippen LogP) is 3.66. The summed E-state index contributed by atoms with van der Waals surface area (Å²) in [5.41, 5.74) is 1.48. The molecule has 0 atom stereocenters. The Morgan fingerprint density at radius 1 is 1.25 bits per heavy atom. The van der Waals surface area contributed by atoms with Gasteiger partial charge in [0.05, 0.1) is 23.4 Å². The Bertz CT molecular complexity index is 661. The van der Waals surface area contributed by atoms with E-state index in [0.717, 1.165) is 10.4 Å². The maximum Gasteiger partial charge on any atom is 0.310 e. The van der Waals surface area contributed by atoms with Crippen molar-refractivity contribution in [3.63, 3.8) is 0 Å². The number of methoxy groups -OCH3 is 1. The van der Waals surface area contributed by atoms with E-state index < -0.39 is 0 Å². The first-order valence-corrected chi connectivity index (χ1v) is 7.17. The maximum absolute atomic E-state index is 12.4. The van der Waals surface area contributed by atoms with Crippen LogP contribution in [0.2, 0.25) is 5.02 Å². The fourth-order valence-corrected chi connectivity index (χ4v) is 3.01. The number of benzene rings is 1. The van der Waals surface area contributed by atoms with Gasteiger partial charge in [0.1, 0.15) is 0 Å². The van der Waals surface area contributed by atoms with Crippen LogP contribution in [-0.4, -0.2) is 18.9 Å². The molecular weight excluding hydrogens is 296 g/mol. The Morgan fingerprint density at radius 2 is 2.00 bits per heavy atom. The number of ketones is 1. The van der Waals surface area contributed by atoms with Gasteiger partial charge in [-0.3, -0.25) is 9.59 Å². The molecule has 0 spiro atoms.